The van der Waals surface area contributed by atoms with Gasteiger partial charge >= 0.3 is 5.97 Å². The Morgan fingerprint density at radius 1 is 0.862 bits per heavy atom. The summed E-state index contributed by atoms with van der Waals surface area (Å²) < 4.78 is 5.28. The van der Waals surface area contributed by atoms with E-state index < -0.39 is 5.97 Å². The molecule has 0 aromatic heterocycles. The number of carbonyl (C=O) groups excluding carboxylic acids is 3. The SMILES string of the molecule is Cc1ccc(C)c(C(=O)c2ccccc2C(=O)OCC(=O)N2CCCCCC2)c1. The first-order valence-corrected chi connectivity index (χ1v) is 10.1. The predicted molar refractivity (Wildman–Crippen MR) is 111 cm³/mol. The lowest BCUT2D eigenvalue weighted by Crippen LogP contribution is -2.35. The van der Waals surface area contributed by atoms with Crippen molar-refractivity contribution in [2.45, 2.75) is 39.5 Å². The molecule has 0 saturated carbocycles. The van der Waals surface area contributed by atoms with Crippen molar-refractivity contribution in [3.8, 4) is 0 Å². The molecule has 0 spiro atoms. The van der Waals surface area contributed by atoms with E-state index in [4.69, 9.17) is 4.74 Å². The second-order valence-corrected chi connectivity index (χ2v) is 7.56. The zero-order chi connectivity index (χ0) is 20.8. The number of hydrogen-bond acceptors (Lipinski definition) is 4. The zero-order valence-corrected chi connectivity index (χ0v) is 17.1. The first-order chi connectivity index (χ1) is 14.0. The Labute approximate surface area is 171 Å². The Hall–Kier alpha value is -2.95. The van der Waals surface area contributed by atoms with Crippen LogP contribution >= 0.6 is 0 Å². The minimum absolute atomic E-state index is 0.182. The number of carbonyl (C=O) groups is 3. The summed E-state index contributed by atoms with van der Waals surface area (Å²) in [4.78, 5) is 39.9. The van der Waals surface area contributed by atoms with Gasteiger partial charge in [0.05, 0.1) is 5.56 Å². The van der Waals surface area contributed by atoms with Gasteiger partial charge in [0.25, 0.3) is 5.91 Å². The van der Waals surface area contributed by atoms with E-state index in [0.717, 1.165) is 36.8 Å². The molecule has 3 rings (SSSR count). The topological polar surface area (TPSA) is 63.7 Å². The van der Waals surface area contributed by atoms with E-state index in [1.54, 1.807) is 29.2 Å². The van der Waals surface area contributed by atoms with Crippen LogP contribution in [0.1, 0.15) is 63.1 Å². The van der Waals surface area contributed by atoms with Gasteiger partial charge in [-0.05, 0) is 44.4 Å². The molecule has 29 heavy (non-hydrogen) atoms. The number of ketones is 1. The molecule has 2 aromatic carbocycles. The van der Waals surface area contributed by atoms with E-state index in [1.807, 2.05) is 32.0 Å². The van der Waals surface area contributed by atoms with Crippen molar-refractivity contribution in [1.82, 2.24) is 4.90 Å². The highest BCUT2D eigenvalue weighted by Crippen LogP contribution is 2.20. The molecular formula is C24H27NO4. The fourth-order valence-electron chi connectivity index (χ4n) is 3.60. The number of nitrogens with zero attached hydrogens (tertiary/aromatic N) is 1. The minimum atomic E-state index is -0.651. The second kappa shape index (κ2) is 9.50. The summed E-state index contributed by atoms with van der Waals surface area (Å²) in [5, 5.41) is 0. The summed E-state index contributed by atoms with van der Waals surface area (Å²) in [7, 11) is 0. The fraction of sp³-hybridized carbons (Fsp3) is 0.375. The quantitative estimate of drug-likeness (QED) is 0.567. The Morgan fingerprint density at radius 3 is 2.21 bits per heavy atom. The molecule has 5 nitrogen and oxygen atoms in total. The number of amides is 1. The number of likely N-dealkylation sites (tertiary alicyclic amines) is 1. The van der Waals surface area contributed by atoms with Crippen molar-refractivity contribution in [3.63, 3.8) is 0 Å². The zero-order valence-electron chi connectivity index (χ0n) is 17.1. The van der Waals surface area contributed by atoms with Crippen molar-refractivity contribution in [2.75, 3.05) is 19.7 Å². The van der Waals surface area contributed by atoms with E-state index in [-0.39, 0.29) is 29.4 Å². The average Bonchev–Trinajstić information content (AvgIpc) is 3.02. The van der Waals surface area contributed by atoms with Crippen molar-refractivity contribution in [1.29, 1.82) is 0 Å². The lowest BCUT2D eigenvalue weighted by Gasteiger charge is -2.20. The molecule has 5 heteroatoms. The van der Waals surface area contributed by atoms with Gasteiger partial charge in [-0.1, -0.05) is 48.7 Å². The van der Waals surface area contributed by atoms with E-state index in [9.17, 15) is 14.4 Å². The van der Waals surface area contributed by atoms with E-state index in [0.29, 0.717) is 18.7 Å². The third-order valence-corrected chi connectivity index (χ3v) is 5.31. The van der Waals surface area contributed by atoms with Crippen molar-refractivity contribution in [3.05, 3.63) is 70.3 Å². The van der Waals surface area contributed by atoms with Crippen molar-refractivity contribution >= 4 is 17.7 Å². The van der Waals surface area contributed by atoms with Crippen LogP contribution in [0.5, 0.6) is 0 Å². The summed E-state index contributed by atoms with van der Waals surface area (Å²) in [5.74, 6) is -1.06. The van der Waals surface area contributed by atoms with Crippen LogP contribution in [-0.4, -0.2) is 42.3 Å². The first-order valence-electron chi connectivity index (χ1n) is 10.1. The molecular weight excluding hydrogens is 366 g/mol. The summed E-state index contributed by atoms with van der Waals surface area (Å²) in [6.07, 6.45) is 4.20. The molecule has 1 fully saturated rings. The lowest BCUT2D eigenvalue weighted by molar-refractivity contribution is -0.134. The number of ether oxygens (including phenoxy) is 1. The van der Waals surface area contributed by atoms with Crippen LogP contribution in [-0.2, 0) is 9.53 Å². The summed E-state index contributed by atoms with van der Waals surface area (Å²) in [5.41, 5.74) is 2.85. The molecule has 0 aliphatic carbocycles. The molecule has 1 aliphatic heterocycles. The standard InChI is InChI=1S/C24H27NO4/c1-17-11-12-18(2)21(15-17)23(27)19-9-5-6-10-20(19)24(28)29-16-22(26)25-13-7-3-4-8-14-25/h5-6,9-12,15H,3-4,7-8,13-14,16H2,1-2H3. The molecule has 1 saturated heterocycles. The van der Waals surface area contributed by atoms with Crippen LogP contribution in [0.3, 0.4) is 0 Å². The molecule has 0 unspecified atom stereocenters. The first kappa shape index (κ1) is 20.8. The van der Waals surface area contributed by atoms with E-state index in [2.05, 4.69) is 0 Å². The van der Waals surface area contributed by atoms with E-state index in [1.165, 1.54) is 0 Å². The maximum atomic E-state index is 13.1. The Morgan fingerprint density at radius 2 is 1.52 bits per heavy atom. The normalized spacial score (nSPS) is 14.2. The van der Waals surface area contributed by atoms with Gasteiger partial charge in [-0.3, -0.25) is 9.59 Å². The Bertz CT molecular complexity index is 911. The van der Waals surface area contributed by atoms with Crippen LogP contribution in [0, 0.1) is 13.8 Å². The molecule has 0 radical (unpaired) electrons. The third-order valence-electron chi connectivity index (χ3n) is 5.31. The monoisotopic (exact) mass is 393 g/mol. The number of esters is 1. The van der Waals surface area contributed by atoms with Gasteiger partial charge in [0, 0.05) is 24.2 Å². The van der Waals surface area contributed by atoms with Crippen LogP contribution in [0.25, 0.3) is 0 Å². The summed E-state index contributed by atoms with van der Waals surface area (Å²) in [6.45, 7) is 4.90. The van der Waals surface area contributed by atoms with Crippen LogP contribution < -0.4 is 0 Å². The van der Waals surface area contributed by atoms with Crippen LogP contribution in [0.2, 0.25) is 0 Å². The fourth-order valence-corrected chi connectivity index (χ4v) is 3.60. The number of benzene rings is 2. The number of aryl methyl sites for hydroxylation is 2. The Balaban J connectivity index is 1.74. The van der Waals surface area contributed by atoms with Gasteiger partial charge < -0.3 is 9.64 Å². The van der Waals surface area contributed by atoms with Gasteiger partial charge in [0.15, 0.2) is 12.4 Å². The average molecular weight is 393 g/mol. The minimum Gasteiger partial charge on any atom is -0.452 e. The number of hydrogen-bond donors (Lipinski definition) is 0. The lowest BCUT2D eigenvalue weighted by atomic mass is 9.94. The van der Waals surface area contributed by atoms with E-state index >= 15 is 0 Å². The van der Waals surface area contributed by atoms with Gasteiger partial charge in [-0.2, -0.15) is 0 Å². The maximum Gasteiger partial charge on any atom is 0.339 e. The highest BCUT2D eigenvalue weighted by molar-refractivity contribution is 6.15. The molecule has 0 atom stereocenters. The van der Waals surface area contributed by atoms with Gasteiger partial charge in [0.1, 0.15) is 0 Å². The van der Waals surface area contributed by atoms with Crippen LogP contribution in [0.15, 0.2) is 42.5 Å². The molecule has 1 heterocycles. The second-order valence-electron chi connectivity index (χ2n) is 7.56. The largest absolute Gasteiger partial charge is 0.452 e. The molecule has 1 amide bonds. The molecule has 152 valence electrons. The number of rotatable bonds is 5. The smallest absolute Gasteiger partial charge is 0.339 e. The molecule has 1 aliphatic rings. The van der Waals surface area contributed by atoms with Gasteiger partial charge in [0.2, 0.25) is 0 Å². The Kier molecular flexibility index (Phi) is 6.81. The highest BCUT2D eigenvalue weighted by atomic mass is 16.5. The third kappa shape index (κ3) is 5.11. The highest BCUT2D eigenvalue weighted by Gasteiger charge is 2.22. The molecule has 2 aromatic rings. The van der Waals surface area contributed by atoms with Gasteiger partial charge in [-0.25, -0.2) is 4.79 Å². The van der Waals surface area contributed by atoms with Crippen molar-refractivity contribution < 1.29 is 19.1 Å². The van der Waals surface area contributed by atoms with Gasteiger partial charge in [-0.15, -0.1) is 0 Å². The van der Waals surface area contributed by atoms with Crippen LogP contribution in [0.4, 0.5) is 0 Å². The molecule has 0 N–H and O–H groups in total. The van der Waals surface area contributed by atoms with Crippen molar-refractivity contribution in [2.24, 2.45) is 0 Å². The summed E-state index contributed by atoms with van der Waals surface area (Å²) in [6, 6.07) is 12.3. The predicted octanol–water partition coefficient (Wildman–Crippen LogP) is 4.09. The summed E-state index contributed by atoms with van der Waals surface area (Å²) >= 11 is 0. The maximum absolute atomic E-state index is 13.1. The molecule has 0 bridgehead atoms.